The molecule has 1 aromatic rings. The van der Waals surface area contributed by atoms with Crippen LogP contribution < -0.4 is 11.1 Å². The molecular weight excluding hydrogens is 231 g/mol. The van der Waals surface area contributed by atoms with Crippen molar-refractivity contribution in [2.24, 2.45) is 11.7 Å². The first-order valence-corrected chi connectivity index (χ1v) is 5.33. The SMILES string of the molecule is CC(C)C(N)CNc1ccc(C(F)(F)F)cn1. The molecule has 1 aromatic heterocycles. The van der Waals surface area contributed by atoms with E-state index in [1.54, 1.807) is 0 Å². The number of aromatic nitrogens is 1. The fourth-order valence-electron chi connectivity index (χ4n) is 1.12. The van der Waals surface area contributed by atoms with Crippen molar-refractivity contribution in [2.45, 2.75) is 26.1 Å². The average molecular weight is 247 g/mol. The highest BCUT2D eigenvalue weighted by molar-refractivity contribution is 5.36. The minimum Gasteiger partial charge on any atom is -0.369 e. The van der Waals surface area contributed by atoms with Crippen molar-refractivity contribution >= 4 is 5.82 Å². The van der Waals surface area contributed by atoms with Crippen LogP contribution in [-0.2, 0) is 6.18 Å². The largest absolute Gasteiger partial charge is 0.417 e. The molecule has 1 atom stereocenters. The molecule has 0 saturated carbocycles. The Labute approximate surface area is 98.2 Å². The highest BCUT2D eigenvalue weighted by Gasteiger charge is 2.30. The van der Waals surface area contributed by atoms with Gasteiger partial charge in [0.15, 0.2) is 0 Å². The summed E-state index contributed by atoms with van der Waals surface area (Å²) in [4.78, 5) is 3.69. The monoisotopic (exact) mass is 247 g/mol. The number of hydrogen-bond acceptors (Lipinski definition) is 3. The van der Waals surface area contributed by atoms with E-state index in [1.165, 1.54) is 6.07 Å². The summed E-state index contributed by atoms with van der Waals surface area (Å²) in [6.07, 6.45) is -3.54. The molecule has 3 N–H and O–H groups in total. The van der Waals surface area contributed by atoms with Crippen molar-refractivity contribution < 1.29 is 13.2 Å². The second kappa shape index (κ2) is 5.35. The number of hydrogen-bond donors (Lipinski definition) is 2. The Balaban J connectivity index is 2.57. The van der Waals surface area contributed by atoms with Crippen molar-refractivity contribution in [3.05, 3.63) is 23.9 Å². The number of nitrogens with two attached hydrogens (primary N) is 1. The average Bonchev–Trinajstić information content (AvgIpc) is 2.25. The van der Waals surface area contributed by atoms with Crippen LogP contribution in [0.4, 0.5) is 19.0 Å². The summed E-state index contributed by atoms with van der Waals surface area (Å²) in [5, 5.41) is 2.90. The van der Waals surface area contributed by atoms with Gasteiger partial charge in [-0.2, -0.15) is 13.2 Å². The van der Waals surface area contributed by atoms with Gasteiger partial charge < -0.3 is 11.1 Å². The lowest BCUT2D eigenvalue weighted by Gasteiger charge is -2.16. The topological polar surface area (TPSA) is 50.9 Å². The molecule has 0 bridgehead atoms. The quantitative estimate of drug-likeness (QED) is 0.859. The van der Waals surface area contributed by atoms with Gasteiger partial charge in [0, 0.05) is 18.8 Å². The van der Waals surface area contributed by atoms with Crippen molar-refractivity contribution in [3.63, 3.8) is 0 Å². The summed E-state index contributed by atoms with van der Waals surface area (Å²) in [6, 6.07) is 2.24. The van der Waals surface area contributed by atoms with Crippen molar-refractivity contribution in [2.75, 3.05) is 11.9 Å². The minimum absolute atomic E-state index is 0.0564. The predicted molar refractivity (Wildman–Crippen MR) is 60.5 cm³/mol. The Bertz CT molecular complexity index is 346. The highest BCUT2D eigenvalue weighted by Crippen LogP contribution is 2.28. The summed E-state index contributed by atoms with van der Waals surface area (Å²) < 4.78 is 36.8. The standard InChI is InChI=1S/C11H16F3N3/c1-7(2)9(15)6-17-10-4-3-8(5-16-10)11(12,13)14/h3-5,7,9H,6,15H2,1-2H3,(H,16,17). The first-order valence-electron chi connectivity index (χ1n) is 5.33. The molecule has 17 heavy (non-hydrogen) atoms. The third-order valence-electron chi connectivity index (χ3n) is 2.47. The zero-order valence-corrected chi connectivity index (χ0v) is 9.75. The molecule has 0 aliphatic heterocycles. The molecule has 3 nitrogen and oxygen atoms in total. The van der Waals surface area contributed by atoms with Crippen LogP contribution in [0.3, 0.4) is 0 Å². The Morgan fingerprint density at radius 2 is 2.00 bits per heavy atom. The van der Waals surface area contributed by atoms with Gasteiger partial charge >= 0.3 is 6.18 Å². The zero-order chi connectivity index (χ0) is 13.1. The molecule has 0 aliphatic rings. The number of alkyl halides is 3. The van der Waals surface area contributed by atoms with Crippen molar-refractivity contribution in [1.29, 1.82) is 0 Å². The van der Waals surface area contributed by atoms with Gasteiger partial charge in [0.25, 0.3) is 0 Å². The number of pyridine rings is 1. The van der Waals surface area contributed by atoms with Gasteiger partial charge in [0.2, 0.25) is 0 Å². The summed E-state index contributed by atoms with van der Waals surface area (Å²) in [5.74, 6) is 0.700. The molecule has 0 amide bonds. The minimum atomic E-state index is -4.35. The van der Waals surface area contributed by atoms with E-state index in [4.69, 9.17) is 5.73 Å². The predicted octanol–water partition coefficient (Wildman–Crippen LogP) is 2.50. The number of anilines is 1. The Morgan fingerprint density at radius 1 is 1.35 bits per heavy atom. The molecule has 1 heterocycles. The Morgan fingerprint density at radius 3 is 2.41 bits per heavy atom. The van der Waals surface area contributed by atoms with Crippen LogP contribution in [0, 0.1) is 5.92 Å². The second-order valence-corrected chi connectivity index (χ2v) is 4.22. The van der Waals surface area contributed by atoms with Crippen LogP contribution in [0.2, 0.25) is 0 Å². The van der Waals surface area contributed by atoms with E-state index in [0.717, 1.165) is 12.3 Å². The number of rotatable bonds is 4. The van der Waals surface area contributed by atoms with E-state index in [2.05, 4.69) is 10.3 Å². The van der Waals surface area contributed by atoms with Crippen LogP contribution in [-0.4, -0.2) is 17.6 Å². The van der Waals surface area contributed by atoms with E-state index in [9.17, 15) is 13.2 Å². The Hall–Kier alpha value is -1.30. The van der Waals surface area contributed by atoms with Crippen LogP contribution in [0.15, 0.2) is 18.3 Å². The molecule has 0 fully saturated rings. The summed E-state index contributed by atoms with van der Waals surface area (Å²) in [6.45, 7) is 4.44. The van der Waals surface area contributed by atoms with Gasteiger partial charge in [-0.05, 0) is 18.1 Å². The lowest BCUT2D eigenvalue weighted by Crippen LogP contribution is -2.34. The summed E-state index contributed by atoms with van der Waals surface area (Å²) >= 11 is 0. The molecule has 0 aromatic carbocycles. The first kappa shape index (κ1) is 13.8. The zero-order valence-electron chi connectivity index (χ0n) is 9.75. The van der Waals surface area contributed by atoms with E-state index in [1.807, 2.05) is 13.8 Å². The molecule has 0 aliphatic carbocycles. The Kier molecular flexibility index (Phi) is 4.34. The molecule has 6 heteroatoms. The van der Waals surface area contributed by atoms with E-state index >= 15 is 0 Å². The van der Waals surface area contributed by atoms with E-state index in [0.29, 0.717) is 18.3 Å². The summed E-state index contributed by atoms with van der Waals surface area (Å²) in [5.41, 5.74) is 5.04. The van der Waals surface area contributed by atoms with Crippen LogP contribution in [0.1, 0.15) is 19.4 Å². The van der Waals surface area contributed by atoms with Gasteiger partial charge in [-0.3, -0.25) is 0 Å². The lowest BCUT2D eigenvalue weighted by molar-refractivity contribution is -0.137. The fraction of sp³-hybridized carbons (Fsp3) is 0.545. The van der Waals surface area contributed by atoms with Crippen LogP contribution in [0.25, 0.3) is 0 Å². The van der Waals surface area contributed by atoms with Gasteiger partial charge in [-0.25, -0.2) is 4.98 Å². The highest BCUT2D eigenvalue weighted by atomic mass is 19.4. The maximum Gasteiger partial charge on any atom is 0.417 e. The lowest BCUT2D eigenvalue weighted by atomic mass is 10.1. The number of halogens is 3. The maximum atomic E-state index is 12.3. The third kappa shape index (κ3) is 4.22. The summed E-state index contributed by atoms with van der Waals surface area (Å²) in [7, 11) is 0. The molecule has 96 valence electrons. The van der Waals surface area contributed by atoms with Gasteiger partial charge in [0.05, 0.1) is 5.56 Å². The van der Waals surface area contributed by atoms with Crippen LogP contribution in [0.5, 0.6) is 0 Å². The first-order chi connectivity index (χ1) is 7.80. The van der Waals surface area contributed by atoms with Gasteiger partial charge in [0.1, 0.15) is 5.82 Å². The molecule has 0 radical (unpaired) electrons. The molecule has 1 unspecified atom stereocenters. The molecule has 0 saturated heterocycles. The van der Waals surface area contributed by atoms with Crippen LogP contribution >= 0.6 is 0 Å². The number of nitrogens with one attached hydrogen (secondary N) is 1. The van der Waals surface area contributed by atoms with Crippen molar-refractivity contribution in [1.82, 2.24) is 4.98 Å². The third-order valence-corrected chi connectivity index (χ3v) is 2.47. The molecule has 1 rings (SSSR count). The molecule has 0 spiro atoms. The normalized spacial score (nSPS) is 13.8. The molecular formula is C11H16F3N3. The van der Waals surface area contributed by atoms with E-state index < -0.39 is 11.7 Å². The number of nitrogens with zero attached hydrogens (tertiary/aromatic N) is 1. The fourth-order valence-corrected chi connectivity index (χ4v) is 1.12. The van der Waals surface area contributed by atoms with Crippen molar-refractivity contribution in [3.8, 4) is 0 Å². The van der Waals surface area contributed by atoms with E-state index in [-0.39, 0.29) is 6.04 Å². The van der Waals surface area contributed by atoms with Gasteiger partial charge in [-0.15, -0.1) is 0 Å². The van der Waals surface area contributed by atoms with Gasteiger partial charge in [-0.1, -0.05) is 13.8 Å². The second-order valence-electron chi connectivity index (χ2n) is 4.22. The smallest absolute Gasteiger partial charge is 0.369 e. The maximum absolute atomic E-state index is 12.3.